The van der Waals surface area contributed by atoms with E-state index in [1.807, 2.05) is 19.1 Å². The number of urea groups is 1. The number of aliphatic hydroxyl groups is 1. The number of piperidine rings is 1. The highest BCUT2D eigenvalue weighted by atomic mass is 16.5. The monoisotopic (exact) mass is 378 g/mol. The lowest BCUT2D eigenvalue weighted by atomic mass is 9.73. The zero-order valence-electron chi connectivity index (χ0n) is 16.9. The summed E-state index contributed by atoms with van der Waals surface area (Å²) < 4.78 is 5.55. The van der Waals surface area contributed by atoms with E-state index in [2.05, 4.69) is 54.0 Å². The van der Waals surface area contributed by atoms with Crippen LogP contribution in [0.5, 0.6) is 5.75 Å². The molecule has 4 N–H and O–H groups in total. The molecule has 1 aromatic carbocycles. The second-order valence-corrected chi connectivity index (χ2v) is 7.80. The normalized spacial score (nSPS) is 21.6. The van der Waals surface area contributed by atoms with Gasteiger partial charge in [0.2, 0.25) is 0 Å². The highest BCUT2D eigenvalue weighted by Crippen LogP contribution is 2.40. The summed E-state index contributed by atoms with van der Waals surface area (Å²) in [4.78, 5) is 14.3. The molecule has 1 aromatic rings. The first-order valence-corrected chi connectivity index (χ1v) is 9.74. The molecule has 1 aliphatic rings. The largest absolute Gasteiger partial charge is 0.494 e. The van der Waals surface area contributed by atoms with Gasteiger partial charge in [-0.15, -0.1) is 0 Å². The van der Waals surface area contributed by atoms with Crippen LogP contribution in [0, 0.1) is 11.3 Å². The smallest absolute Gasteiger partial charge is 0.329 e. The summed E-state index contributed by atoms with van der Waals surface area (Å²) in [6.07, 6.45) is 1.05. The molecule has 7 heteroatoms. The topological polar surface area (TPSA) is 85.9 Å². The van der Waals surface area contributed by atoms with Crippen molar-refractivity contribution in [1.29, 1.82) is 0 Å². The predicted octanol–water partition coefficient (Wildman–Crippen LogP) is 2.12. The number of nitrogens with zero attached hydrogens (tertiary/aromatic N) is 1. The maximum absolute atomic E-state index is 11.8. The van der Waals surface area contributed by atoms with E-state index in [4.69, 9.17) is 9.84 Å². The molecule has 1 heterocycles. The lowest BCUT2D eigenvalue weighted by Crippen LogP contribution is -2.54. The van der Waals surface area contributed by atoms with E-state index in [1.165, 1.54) is 5.69 Å². The summed E-state index contributed by atoms with van der Waals surface area (Å²) >= 11 is 0. The van der Waals surface area contributed by atoms with Gasteiger partial charge in [0.15, 0.2) is 0 Å². The fourth-order valence-corrected chi connectivity index (χ4v) is 3.68. The molecule has 0 aliphatic carbocycles. The molecule has 0 spiro atoms. The third kappa shape index (κ3) is 6.01. The zero-order valence-corrected chi connectivity index (χ0v) is 16.9. The van der Waals surface area contributed by atoms with Gasteiger partial charge in [-0.3, -0.25) is 5.43 Å². The standard InChI is InChI=1S/C20H34N4O3/c1-5-27-18-8-6-17(7-9-18)24-14-16(12-20(3,4)15(24)2)13-21-19(26)23-22-10-11-25/h6-9,15-16,22,25H,5,10-14H2,1-4H3,(H2,21,23,26). The van der Waals surface area contributed by atoms with Crippen LogP contribution in [0.3, 0.4) is 0 Å². The van der Waals surface area contributed by atoms with Crippen LogP contribution in [0.4, 0.5) is 10.5 Å². The average Bonchev–Trinajstić information content (AvgIpc) is 2.64. The van der Waals surface area contributed by atoms with Gasteiger partial charge in [-0.1, -0.05) is 13.8 Å². The lowest BCUT2D eigenvalue weighted by molar-refractivity contribution is 0.169. The van der Waals surface area contributed by atoms with Crippen LogP contribution in [0.2, 0.25) is 0 Å². The van der Waals surface area contributed by atoms with Gasteiger partial charge in [-0.2, -0.15) is 0 Å². The van der Waals surface area contributed by atoms with E-state index < -0.39 is 0 Å². The molecule has 2 atom stereocenters. The first-order valence-electron chi connectivity index (χ1n) is 9.74. The summed E-state index contributed by atoms with van der Waals surface area (Å²) in [6, 6.07) is 8.37. The maximum atomic E-state index is 11.8. The molecule has 2 amide bonds. The summed E-state index contributed by atoms with van der Waals surface area (Å²) in [5.41, 5.74) is 6.50. The van der Waals surface area contributed by atoms with Crippen molar-refractivity contribution in [2.45, 2.75) is 40.2 Å². The Morgan fingerprint density at radius 3 is 2.67 bits per heavy atom. The number of hydrogen-bond acceptors (Lipinski definition) is 5. The van der Waals surface area contributed by atoms with Crippen molar-refractivity contribution in [1.82, 2.24) is 16.2 Å². The first kappa shape index (κ1) is 21.3. The minimum absolute atomic E-state index is 0.0218. The minimum Gasteiger partial charge on any atom is -0.494 e. The van der Waals surface area contributed by atoms with Crippen LogP contribution >= 0.6 is 0 Å². The Labute approximate surface area is 162 Å². The van der Waals surface area contributed by atoms with Gasteiger partial charge in [0, 0.05) is 31.4 Å². The molecule has 0 saturated carbocycles. The highest BCUT2D eigenvalue weighted by molar-refractivity contribution is 5.73. The number of carbonyl (C=O) groups excluding carboxylic acids is 1. The van der Waals surface area contributed by atoms with Crippen LogP contribution < -0.4 is 25.8 Å². The molecule has 0 aromatic heterocycles. The van der Waals surface area contributed by atoms with Crippen LogP contribution in [0.25, 0.3) is 0 Å². The number of hydrogen-bond donors (Lipinski definition) is 4. The number of hydrazine groups is 1. The Balaban J connectivity index is 1.99. The number of carbonyl (C=O) groups is 1. The average molecular weight is 379 g/mol. The number of rotatable bonds is 8. The molecule has 0 bridgehead atoms. The molecule has 27 heavy (non-hydrogen) atoms. The predicted molar refractivity (Wildman–Crippen MR) is 108 cm³/mol. The summed E-state index contributed by atoms with van der Waals surface area (Å²) in [5.74, 6) is 1.24. The van der Waals surface area contributed by atoms with Crippen molar-refractivity contribution in [3.8, 4) is 5.75 Å². The molecular formula is C20H34N4O3. The Morgan fingerprint density at radius 1 is 1.33 bits per heavy atom. The fourth-order valence-electron chi connectivity index (χ4n) is 3.68. The molecular weight excluding hydrogens is 344 g/mol. The van der Waals surface area contributed by atoms with Crippen LogP contribution in [0.15, 0.2) is 24.3 Å². The number of ether oxygens (including phenoxy) is 1. The SMILES string of the molecule is CCOc1ccc(N2CC(CNC(=O)NNCCO)CC(C)(C)C2C)cc1. The first-order chi connectivity index (χ1) is 12.9. The van der Waals surface area contributed by atoms with Gasteiger partial charge in [0.1, 0.15) is 5.75 Å². The van der Waals surface area contributed by atoms with Gasteiger partial charge >= 0.3 is 6.03 Å². The molecule has 1 saturated heterocycles. The van der Waals surface area contributed by atoms with Crippen molar-refractivity contribution in [2.24, 2.45) is 11.3 Å². The Bertz CT molecular complexity index is 591. The van der Waals surface area contributed by atoms with Gasteiger partial charge in [-0.05, 0) is 55.9 Å². The maximum Gasteiger partial charge on any atom is 0.329 e. The van der Waals surface area contributed by atoms with Gasteiger partial charge < -0.3 is 20.1 Å². The van der Waals surface area contributed by atoms with E-state index in [-0.39, 0.29) is 18.1 Å². The third-order valence-corrected chi connectivity index (χ3v) is 5.34. The Morgan fingerprint density at radius 2 is 2.04 bits per heavy atom. The van der Waals surface area contributed by atoms with Crippen LogP contribution in [-0.4, -0.2) is 50.0 Å². The molecule has 2 unspecified atom stereocenters. The second kappa shape index (κ2) is 9.80. The molecule has 2 rings (SSSR count). The van der Waals surface area contributed by atoms with E-state index in [9.17, 15) is 4.79 Å². The summed E-state index contributed by atoms with van der Waals surface area (Å²) in [5, 5.41) is 11.7. The Hall–Kier alpha value is -1.99. The minimum atomic E-state index is -0.271. The fraction of sp³-hybridized carbons (Fsp3) is 0.650. The summed E-state index contributed by atoms with van der Waals surface area (Å²) in [7, 11) is 0. The van der Waals surface area contributed by atoms with Crippen molar-refractivity contribution in [3.05, 3.63) is 24.3 Å². The number of anilines is 1. The van der Waals surface area contributed by atoms with E-state index in [1.54, 1.807) is 0 Å². The van der Waals surface area contributed by atoms with Crippen LogP contribution in [-0.2, 0) is 0 Å². The van der Waals surface area contributed by atoms with Crippen molar-refractivity contribution < 1.29 is 14.6 Å². The number of nitrogens with one attached hydrogen (secondary N) is 3. The van der Waals surface area contributed by atoms with Gasteiger partial charge in [0.25, 0.3) is 0 Å². The van der Waals surface area contributed by atoms with E-state index in [0.29, 0.717) is 31.7 Å². The van der Waals surface area contributed by atoms with Gasteiger partial charge in [-0.25, -0.2) is 10.2 Å². The second-order valence-electron chi connectivity index (χ2n) is 7.80. The molecule has 7 nitrogen and oxygen atoms in total. The molecule has 1 aliphatic heterocycles. The van der Waals surface area contributed by atoms with E-state index >= 15 is 0 Å². The zero-order chi connectivity index (χ0) is 19.9. The molecule has 1 fully saturated rings. The molecule has 152 valence electrons. The quantitative estimate of drug-likeness (QED) is 0.411. The lowest BCUT2D eigenvalue weighted by Gasteiger charge is -2.49. The number of amides is 2. The van der Waals surface area contributed by atoms with Crippen molar-refractivity contribution in [2.75, 3.05) is 37.7 Å². The van der Waals surface area contributed by atoms with E-state index in [0.717, 1.165) is 18.7 Å². The number of benzene rings is 1. The van der Waals surface area contributed by atoms with Crippen molar-refractivity contribution >= 4 is 11.7 Å². The third-order valence-electron chi connectivity index (χ3n) is 5.34. The molecule has 0 radical (unpaired) electrons. The summed E-state index contributed by atoms with van der Waals surface area (Å²) in [6.45, 7) is 11.3. The Kier molecular flexibility index (Phi) is 7.74. The highest BCUT2D eigenvalue weighted by Gasteiger charge is 2.39. The van der Waals surface area contributed by atoms with Crippen molar-refractivity contribution in [3.63, 3.8) is 0 Å². The van der Waals surface area contributed by atoms with Gasteiger partial charge in [0.05, 0.1) is 13.2 Å². The number of aliphatic hydroxyl groups excluding tert-OH is 1. The van der Waals surface area contributed by atoms with Crippen LogP contribution in [0.1, 0.15) is 34.1 Å².